The SMILES string of the molecule is CCCCC(C)c1ccc2c(c1)OCC(=O)N2CC1CC1. The first-order valence-corrected chi connectivity index (χ1v) is 8.26. The number of anilines is 1. The lowest BCUT2D eigenvalue weighted by molar-refractivity contribution is -0.121. The number of unbranched alkanes of at least 4 members (excludes halogenated alkanes) is 1. The molecule has 1 heterocycles. The maximum atomic E-state index is 12.1. The van der Waals surface area contributed by atoms with E-state index < -0.39 is 0 Å². The molecule has 21 heavy (non-hydrogen) atoms. The number of carbonyl (C=O) groups is 1. The zero-order valence-electron chi connectivity index (χ0n) is 13.1. The predicted molar refractivity (Wildman–Crippen MR) is 85.0 cm³/mol. The molecule has 0 N–H and O–H groups in total. The molecule has 3 nitrogen and oxygen atoms in total. The van der Waals surface area contributed by atoms with Gasteiger partial charge in [0.05, 0.1) is 5.69 Å². The summed E-state index contributed by atoms with van der Waals surface area (Å²) < 4.78 is 5.67. The topological polar surface area (TPSA) is 29.5 Å². The number of ether oxygens (including phenoxy) is 1. The van der Waals surface area contributed by atoms with Crippen molar-refractivity contribution in [3.63, 3.8) is 0 Å². The molecule has 2 aliphatic rings. The standard InChI is InChI=1S/C18H25NO2/c1-3-4-5-13(2)15-8-9-16-17(10-15)21-12-18(20)19(16)11-14-6-7-14/h8-10,13-14H,3-7,11-12H2,1-2H3. The van der Waals surface area contributed by atoms with Crippen molar-refractivity contribution in [3.8, 4) is 5.75 Å². The van der Waals surface area contributed by atoms with Crippen LogP contribution in [0.5, 0.6) is 5.75 Å². The highest BCUT2D eigenvalue weighted by atomic mass is 16.5. The van der Waals surface area contributed by atoms with Crippen LogP contribution in [0.1, 0.15) is 57.4 Å². The van der Waals surface area contributed by atoms with Gasteiger partial charge in [-0.25, -0.2) is 0 Å². The molecule has 1 aromatic rings. The number of nitrogens with zero attached hydrogens (tertiary/aromatic N) is 1. The molecule has 0 saturated heterocycles. The fourth-order valence-corrected chi connectivity index (χ4v) is 2.96. The summed E-state index contributed by atoms with van der Waals surface area (Å²) in [5, 5.41) is 0. The average molecular weight is 287 g/mol. The highest BCUT2D eigenvalue weighted by Crippen LogP contribution is 2.38. The van der Waals surface area contributed by atoms with Gasteiger partial charge < -0.3 is 9.64 Å². The van der Waals surface area contributed by atoms with Crippen LogP contribution in [0.25, 0.3) is 0 Å². The van der Waals surface area contributed by atoms with Crippen LogP contribution in [0, 0.1) is 5.92 Å². The van der Waals surface area contributed by atoms with Gasteiger partial charge in [0.2, 0.25) is 0 Å². The molecule has 3 heteroatoms. The van der Waals surface area contributed by atoms with Crippen LogP contribution < -0.4 is 9.64 Å². The van der Waals surface area contributed by atoms with Crippen molar-refractivity contribution < 1.29 is 9.53 Å². The number of benzene rings is 1. The summed E-state index contributed by atoms with van der Waals surface area (Å²) in [6.07, 6.45) is 6.21. The van der Waals surface area contributed by atoms with Crippen LogP contribution in [-0.4, -0.2) is 19.1 Å². The Morgan fingerprint density at radius 3 is 2.90 bits per heavy atom. The molecular formula is C18H25NO2. The first-order chi connectivity index (χ1) is 10.2. The molecule has 1 fully saturated rings. The van der Waals surface area contributed by atoms with Crippen LogP contribution in [0.4, 0.5) is 5.69 Å². The second kappa shape index (κ2) is 6.08. The number of rotatable bonds is 6. The van der Waals surface area contributed by atoms with Crippen molar-refractivity contribution in [1.29, 1.82) is 0 Å². The van der Waals surface area contributed by atoms with Crippen molar-refractivity contribution >= 4 is 11.6 Å². The van der Waals surface area contributed by atoms with Gasteiger partial charge in [0.15, 0.2) is 6.61 Å². The Morgan fingerprint density at radius 1 is 1.38 bits per heavy atom. The molecule has 1 aliphatic carbocycles. The van der Waals surface area contributed by atoms with Gasteiger partial charge in [0.25, 0.3) is 5.91 Å². The van der Waals surface area contributed by atoms with Gasteiger partial charge in [-0.1, -0.05) is 32.8 Å². The Labute approximate surface area is 127 Å². The third-order valence-electron chi connectivity index (χ3n) is 4.62. The Hall–Kier alpha value is -1.51. The minimum Gasteiger partial charge on any atom is -0.482 e. The lowest BCUT2D eigenvalue weighted by Gasteiger charge is -2.30. The van der Waals surface area contributed by atoms with E-state index in [-0.39, 0.29) is 12.5 Å². The summed E-state index contributed by atoms with van der Waals surface area (Å²) in [7, 11) is 0. The summed E-state index contributed by atoms with van der Waals surface area (Å²) in [6.45, 7) is 5.55. The molecule has 0 spiro atoms. The molecular weight excluding hydrogens is 262 g/mol. The van der Waals surface area contributed by atoms with E-state index in [1.165, 1.54) is 37.7 Å². The second-order valence-electron chi connectivity index (χ2n) is 6.51. The van der Waals surface area contributed by atoms with Gasteiger partial charge >= 0.3 is 0 Å². The molecule has 0 radical (unpaired) electrons. The van der Waals surface area contributed by atoms with Gasteiger partial charge in [-0.3, -0.25) is 4.79 Å². The van der Waals surface area contributed by atoms with E-state index in [0.717, 1.165) is 18.0 Å². The number of fused-ring (bicyclic) bond motifs is 1. The zero-order valence-corrected chi connectivity index (χ0v) is 13.1. The summed E-state index contributed by atoms with van der Waals surface area (Å²) in [5.74, 6) is 2.23. The van der Waals surface area contributed by atoms with Crippen molar-refractivity contribution in [2.45, 2.75) is 51.9 Å². The van der Waals surface area contributed by atoms with Crippen LogP contribution in [0.3, 0.4) is 0 Å². The summed E-state index contributed by atoms with van der Waals surface area (Å²) in [6, 6.07) is 6.38. The Morgan fingerprint density at radius 2 is 2.19 bits per heavy atom. The summed E-state index contributed by atoms with van der Waals surface area (Å²) in [4.78, 5) is 14.0. The molecule has 1 unspecified atom stereocenters. The Bertz CT molecular complexity index is 522. The van der Waals surface area contributed by atoms with E-state index in [0.29, 0.717) is 11.8 Å². The lowest BCUT2D eigenvalue weighted by Crippen LogP contribution is -2.40. The van der Waals surface area contributed by atoms with E-state index in [2.05, 4.69) is 32.0 Å². The van der Waals surface area contributed by atoms with Gasteiger partial charge in [-0.15, -0.1) is 0 Å². The average Bonchev–Trinajstić information content (AvgIpc) is 3.31. The first kappa shape index (κ1) is 14.4. The quantitative estimate of drug-likeness (QED) is 0.788. The fraction of sp³-hybridized carbons (Fsp3) is 0.611. The van der Waals surface area contributed by atoms with Crippen LogP contribution in [0.15, 0.2) is 18.2 Å². The lowest BCUT2D eigenvalue weighted by atomic mass is 9.95. The van der Waals surface area contributed by atoms with Crippen LogP contribution in [-0.2, 0) is 4.79 Å². The second-order valence-corrected chi connectivity index (χ2v) is 6.51. The third-order valence-corrected chi connectivity index (χ3v) is 4.62. The summed E-state index contributed by atoms with van der Waals surface area (Å²) >= 11 is 0. The molecule has 1 amide bonds. The number of amides is 1. The fourth-order valence-electron chi connectivity index (χ4n) is 2.96. The number of carbonyl (C=O) groups excluding carboxylic acids is 1. The van der Waals surface area contributed by atoms with Gasteiger partial charge in [-0.2, -0.15) is 0 Å². The maximum absolute atomic E-state index is 12.1. The van der Waals surface area contributed by atoms with Gasteiger partial charge in [-0.05, 0) is 48.8 Å². The molecule has 114 valence electrons. The van der Waals surface area contributed by atoms with Crippen LogP contribution >= 0.6 is 0 Å². The molecule has 1 saturated carbocycles. The smallest absolute Gasteiger partial charge is 0.265 e. The largest absolute Gasteiger partial charge is 0.482 e. The Balaban J connectivity index is 1.79. The van der Waals surface area contributed by atoms with E-state index in [1.54, 1.807) is 0 Å². The normalized spacial score (nSPS) is 19.1. The third kappa shape index (κ3) is 3.22. The van der Waals surface area contributed by atoms with Gasteiger partial charge in [0, 0.05) is 6.54 Å². The predicted octanol–water partition coefficient (Wildman–Crippen LogP) is 4.12. The molecule has 1 aliphatic heterocycles. The van der Waals surface area contributed by atoms with Crippen molar-refractivity contribution in [2.75, 3.05) is 18.1 Å². The molecule has 0 bridgehead atoms. The Kier molecular flexibility index (Phi) is 4.18. The molecule has 3 rings (SSSR count). The van der Waals surface area contributed by atoms with Gasteiger partial charge in [0.1, 0.15) is 5.75 Å². The summed E-state index contributed by atoms with van der Waals surface area (Å²) in [5.41, 5.74) is 2.28. The van der Waals surface area contributed by atoms with E-state index in [9.17, 15) is 4.79 Å². The number of hydrogen-bond donors (Lipinski definition) is 0. The van der Waals surface area contributed by atoms with Crippen LogP contribution in [0.2, 0.25) is 0 Å². The van der Waals surface area contributed by atoms with Crippen molar-refractivity contribution in [2.24, 2.45) is 5.92 Å². The minimum atomic E-state index is 0.0983. The maximum Gasteiger partial charge on any atom is 0.265 e. The first-order valence-electron chi connectivity index (χ1n) is 8.26. The molecule has 0 aromatic heterocycles. The number of hydrogen-bond acceptors (Lipinski definition) is 2. The molecule has 1 aromatic carbocycles. The van der Waals surface area contributed by atoms with E-state index >= 15 is 0 Å². The van der Waals surface area contributed by atoms with Crippen molar-refractivity contribution in [1.82, 2.24) is 0 Å². The monoisotopic (exact) mass is 287 g/mol. The van der Waals surface area contributed by atoms with Crippen molar-refractivity contribution in [3.05, 3.63) is 23.8 Å². The minimum absolute atomic E-state index is 0.0983. The van der Waals surface area contributed by atoms with E-state index in [4.69, 9.17) is 4.74 Å². The molecule has 1 atom stereocenters. The highest BCUT2D eigenvalue weighted by molar-refractivity contribution is 5.97. The van der Waals surface area contributed by atoms with E-state index in [1.807, 2.05) is 4.90 Å². The highest BCUT2D eigenvalue weighted by Gasteiger charge is 2.32. The zero-order chi connectivity index (χ0) is 14.8.